The van der Waals surface area contributed by atoms with E-state index in [4.69, 9.17) is 0 Å². The Morgan fingerprint density at radius 2 is 2.05 bits per heavy atom. The minimum atomic E-state index is -0.934. The topological polar surface area (TPSA) is 76.1 Å². The third-order valence-electron chi connectivity index (χ3n) is 4.21. The Balaban J connectivity index is 1.90. The highest BCUT2D eigenvalue weighted by Gasteiger charge is 2.39. The van der Waals surface area contributed by atoms with Gasteiger partial charge in [0.15, 0.2) is 0 Å². The van der Waals surface area contributed by atoms with Gasteiger partial charge in [0.25, 0.3) is 0 Å². The van der Waals surface area contributed by atoms with Crippen LogP contribution < -0.4 is 5.32 Å². The minimum Gasteiger partial charge on any atom is -0.480 e. The monoisotopic (exact) mass is 316 g/mol. The molecule has 0 spiro atoms. The van der Waals surface area contributed by atoms with Crippen molar-refractivity contribution in [1.29, 1.82) is 0 Å². The van der Waals surface area contributed by atoms with Crippen molar-refractivity contribution >= 4 is 23.8 Å². The zero-order valence-corrected chi connectivity index (χ0v) is 13.6. The van der Waals surface area contributed by atoms with E-state index in [2.05, 4.69) is 29.2 Å². The Labute approximate surface area is 129 Å². The smallest absolute Gasteiger partial charge is 0.327 e. The fourth-order valence-electron chi connectivity index (χ4n) is 2.76. The van der Waals surface area contributed by atoms with Gasteiger partial charge in [-0.25, -0.2) is 9.59 Å². The summed E-state index contributed by atoms with van der Waals surface area (Å²) in [6, 6.07) is -0.736. The molecule has 2 rings (SSSR count). The van der Waals surface area contributed by atoms with Crippen LogP contribution in [0.4, 0.5) is 4.79 Å². The number of nitrogens with one attached hydrogen (secondary N) is 1. The summed E-state index contributed by atoms with van der Waals surface area (Å²) in [4.78, 5) is 29.4. The Kier molecular flexibility index (Phi) is 5.34. The second-order valence-corrected chi connectivity index (χ2v) is 7.13. The highest BCUT2D eigenvalue weighted by molar-refractivity contribution is 8.00. The predicted molar refractivity (Wildman–Crippen MR) is 82.5 cm³/mol. The number of carboxylic acid groups (broad SMARTS) is 1. The van der Waals surface area contributed by atoms with Crippen LogP contribution in [0, 0.1) is 0 Å². The third-order valence-corrected chi connectivity index (χ3v) is 5.43. The number of hydrogen-bond donors (Lipinski definition) is 2. The molecule has 0 aromatic rings. The van der Waals surface area contributed by atoms with Gasteiger partial charge in [-0.2, -0.15) is 0 Å². The van der Waals surface area contributed by atoms with Crippen LogP contribution in [0.25, 0.3) is 0 Å². The van der Waals surface area contributed by atoms with Crippen molar-refractivity contribution in [3.8, 4) is 0 Å². The van der Waals surface area contributed by atoms with Gasteiger partial charge in [0.2, 0.25) is 0 Å². The quantitative estimate of drug-likeness (QED) is 0.750. The largest absolute Gasteiger partial charge is 0.480 e. The van der Waals surface area contributed by atoms with Gasteiger partial charge in [-0.15, -0.1) is 11.8 Å². The number of hydrogen-bond acceptors (Lipinski definition) is 5. The van der Waals surface area contributed by atoms with Crippen LogP contribution in [-0.2, 0) is 4.79 Å². The third kappa shape index (κ3) is 3.81. The Hall–Kier alpha value is -0.990. The van der Waals surface area contributed by atoms with Crippen LogP contribution in [-0.4, -0.2) is 95.3 Å². The van der Waals surface area contributed by atoms with Crippen molar-refractivity contribution in [1.82, 2.24) is 20.0 Å². The number of thioether (sulfide) groups is 1. The summed E-state index contributed by atoms with van der Waals surface area (Å²) in [6.45, 7) is 5.32. The van der Waals surface area contributed by atoms with Gasteiger partial charge in [0.05, 0.1) is 5.37 Å². The van der Waals surface area contributed by atoms with E-state index >= 15 is 0 Å². The molecule has 0 aliphatic carbocycles. The lowest BCUT2D eigenvalue weighted by molar-refractivity contribution is -0.141. The van der Waals surface area contributed by atoms with E-state index in [1.807, 2.05) is 6.92 Å². The molecule has 2 heterocycles. The van der Waals surface area contributed by atoms with Gasteiger partial charge in [0, 0.05) is 38.0 Å². The summed E-state index contributed by atoms with van der Waals surface area (Å²) < 4.78 is 0. The molecule has 2 amide bonds. The van der Waals surface area contributed by atoms with E-state index in [0.29, 0.717) is 12.3 Å². The fourth-order valence-corrected chi connectivity index (χ4v) is 3.93. The Morgan fingerprint density at radius 1 is 1.33 bits per heavy atom. The van der Waals surface area contributed by atoms with Crippen molar-refractivity contribution in [3.05, 3.63) is 0 Å². The highest BCUT2D eigenvalue weighted by Crippen LogP contribution is 2.28. The molecule has 2 N–H and O–H groups in total. The van der Waals surface area contributed by atoms with Crippen LogP contribution in [0.1, 0.15) is 6.92 Å². The normalized spacial score (nSPS) is 31.4. The van der Waals surface area contributed by atoms with Gasteiger partial charge in [-0.3, -0.25) is 9.80 Å². The fraction of sp³-hybridized carbons (Fsp3) is 0.846. The van der Waals surface area contributed by atoms with Crippen molar-refractivity contribution in [3.63, 3.8) is 0 Å². The molecule has 0 aromatic carbocycles. The van der Waals surface area contributed by atoms with Crippen molar-refractivity contribution in [2.75, 3.05) is 46.0 Å². The first kappa shape index (κ1) is 16.4. The zero-order valence-electron chi connectivity index (χ0n) is 12.8. The van der Waals surface area contributed by atoms with Crippen LogP contribution in [0.3, 0.4) is 0 Å². The molecule has 3 atom stereocenters. The number of rotatable bonds is 3. The standard InChI is InChI=1S/C13H24N4O3S/c1-9-17(11(8-21-9)12(18)19)13(20)14-6-10-7-15(2)4-5-16(10)3/h9-11H,4-8H2,1-3H3,(H,14,20)(H,18,19). The lowest BCUT2D eigenvalue weighted by Crippen LogP contribution is -2.57. The molecule has 0 saturated carbocycles. The molecule has 7 nitrogen and oxygen atoms in total. The number of carbonyl (C=O) groups is 2. The molecule has 2 fully saturated rings. The molecule has 8 heteroatoms. The maximum absolute atomic E-state index is 12.3. The number of amides is 2. The average molecular weight is 316 g/mol. The molecule has 2 aliphatic rings. The van der Waals surface area contributed by atoms with Crippen molar-refractivity contribution in [2.45, 2.75) is 24.4 Å². The van der Waals surface area contributed by atoms with E-state index in [-0.39, 0.29) is 17.4 Å². The molecule has 2 saturated heterocycles. The van der Waals surface area contributed by atoms with Gasteiger partial charge < -0.3 is 15.3 Å². The second kappa shape index (κ2) is 6.85. The summed E-state index contributed by atoms with van der Waals surface area (Å²) in [5.41, 5.74) is 0. The zero-order chi connectivity index (χ0) is 15.6. The predicted octanol–water partition coefficient (Wildman–Crippen LogP) is -0.210. The van der Waals surface area contributed by atoms with Gasteiger partial charge in [-0.1, -0.05) is 0 Å². The van der Waals surface area contributed by atoms with Crippen LogP contribution in [0.15, 0.2) is 0 Å². The maximum atomic E-state index is 12.3. The molecule has 21 heavy (non-hydrogen) atoms. The average Bonchev–Trinajstić information content (AvgIpc) is 2.81. The molecular formula is C13H24N4O3S. The lowest BCUT2D eigenvalue weighted by atomic mass is 10.2. The molecule has 0 bridgehead atoms. The number of nitrogens with zero attached hydrogens (tertiary/aromatic N) is 3. The number of piperazine rings is 1. The number of aliphatic carboxylic acids is 1. The van der Waals surface area contributed by atoms with E-state index in [0.717, 1.165) is 19.6 Å². The second-order valence-electron chi connectivity index (χ2n) is 5.78. The lowest BCUT2D eigenvalue weighted by Gasteiger charge is -2.38. The summed E-state index contributed by atoms with van der Waals surface area (Å²) in [7, 11) is 4.12. The molecule has 3 unspecified atom stereocenters. The summed E-state index contributed by atoms with van der Waals surface area (Å²) in [5.74, 6) is -0.479. The van der Waals surface area contributed by atoms with E-state index in [1.54, 1.807) is 0 Å². The highest BCUT2D eigenvalue weighted by atomic mass is 32.2. The van der Waals surface area contributed by atoms with Crippen LogP contribution in [0.2, 0.25) is 0 Å². The van der Waals surface area contributed by atoms with Crippen molar-refractivity contribution in [2.24, 2.45) is 0 Å². The van der Waals surface area contributed by atoms with E-state index in [9.17, 15) is 14.7 Å². The van der Waals surface area contributed by atoms with Gasteiger partial charge in [0.1, 0.15) is 6.04 Å². The molecule has 2 aliphatic heterocycles. The first-order valence-corrected chi connectivity index (χ1v) is 8.24. The SMILES string of the molecule is CC1SCC(C(=O)O)N1C(=O)NCC1CN(C)CCN1C. The Morgan fingerprint density at radius 3 is 2.71 bits per heavy atom. The summed E-state index contributed by atoms with van der Waals surface area (Å²) in [6.07, 6.45) is 0. The maximum Gasteiger partial charge on any atom is 0.327 e. The number of carboxylic acids is 1. The van der Waals surface area contributed by atoms with E-state index in [1.165, 1.54) is 16.7 Å². The molecule has 0 aromatic heterocycles. The summed E-state index contributed by atoms with van der Waals surface area (Å²) >= 11 is 1.50. The molecule has 0 radical (unpaired) electrons. The molecule has 120 valence electrons. The minimum absolute atomic E-state index is 0.0992. The number of carbonyl (C=O) groups excluding carboxylic acids is 1. The van der Waals surface area contributed by atoms with Gasteiger partial charge in [-0.05, 0) is 21.0 Å². The summed E-state index contributed by atoms with van der Waals surface area (Å²) in [5, 5.41) is 12.0. The van der Waals surface area contributed by atoms with Crippen LogP contribution in [0.5, 0.6) is 0 Å². The first-order chi connectivity index (χ1) is 9.90. The Bertz CT molecular complexity index is 409. The number of urea groups is 1. The van der Waals surface area contributed by atoms with Crippen LogP contribution >= 0.6 is 11.8 Å². The molecular weight excluding hydrogens is 292 g/mol. The first-order valence-electron chi connectivity index (χ1n) is 7.19. The van der Waals surface area contributed by atoms with Crippen molar-refractivity contribution < 1.29 is 14.7 Å². The van der Waals surface area contributed by atoms with E-state index < -0.39 is 12.0 Å². The van der Waals surface area contributed by atoms with Gasteiger partial charge >= 0.3 is 12.0 Å². The number of likely N-dealkylation sites (N-methyl/N-ethyl adjacent to an activating group) is 2.